The molecule has 0 saturated heterocycles. The summed E-state index contributed by atoms with van der Waals surface area (Å²) in [4.78, 5) is 13.8. The zero-order valence-corrected chi connectivity index (χ0v) is 15.2. The number of ether oxygens (including phenoxy) is 1. The van der Waals surface area contributed by atoms with Crippen molar-refractivity contribution in [2.75, 3.05) is 33.9 Å². The van der Waals surface area contributed by atoms with Crippen LogP contribution in [0.4, 0.5) is 0 Å². The molecule has 0 aliphatic carbocycles. The van der Waals surface area contributed by atoms with E-state index in [0.29, 0.717) is 5.56 Å². The first kappa shape index (κ1) is 19.2. The largest absolute Gasteiger partial charge is 0.381 e. The lowest BCUT2D eigenvalue weighted by atomic mass is 10.1. The Labute approximate surface area is 150 Å². The van der Waals surface area contributed by atoms with Gasteiger partial charge in [-0.25, -0.2) is 0 Å². The molecule has 2 aromatic carbocycles. The number of benzene rings is 2. The number of hydrogen-bond acceptors (Lipinski definition) is 3. The van der Waals surface area contributed by atoms with Gasteiger partial charge in [0.2, 0.25) is 0 Å². The molecule has 0 atom stereocenters. The van der Waals surface area contributed by atoms with Crippen molar-refractivity contribution in [3.8, 4) is 0 Å². The summed E-state index contributed by atoms with van der Waals surface area (Å²) in [5.74, 6) is -0.0486. The molecule has 4 nitrogen and oxygen atoms in total. The van der Waals surface area contributed by atoms with Crippen LogP contribution in [0.25, 0.3) is 0 Å². The van der Waals surface area contributed by atoms with E-state index in [4.69, 9.17) is 4.74 Å². The Morgan fingerprint density at radius 2 is 1.72 bits per heavy atom. The molecular formula is C21H28N2O2. The van der Waals surface area contributed by atoms with Gasteiger partial charge in [-0.15, -0.1) is 0 Å². The number of rotatable bonds is 10. The van der Waals surface area contributed by atoms with E-state index in [1.165, 1.54) is 11.1 Å². The number of amides is 1. The Hall–Kier alpha value is -2.17. The first-order chi connectivity index (χ1) is 12.2. The van der Waals surface area contributed by atoms with Crippen molar-refractivity contribution in [2.24, 2.45) is 0 Å². The molecule has 0 aliphatic rings. The van der Waals surface area contributed by atoms with Crippen LogP contribution in [0.2, 0.25) is 0 Å². The summed E-state index contributed by atoms with van der Waals surface area (Å²) in [6, 6.07) is 18.2. The molecule has 1 N–H and O–H groups in total. The molecule has 0 radical (unpaired) electrons. The van der Waals surface area contributed by atoms with E-state index in [-0.39, 0.29) is 5.91 Å². The second kappa shape index (κ2) is 10.6. The summed E-state index contributed by atoms with van der Waals surface area (Å²) >= 11 is 0. The van der Waals surface area contributed by atoms with Gasteiger partial charge in [-0.05, 0) is 43.1 Å². The minimum Gasteiger partial charge on any atom is -0.381 e. The highest BCUT2D eigenvalue weighted by molar-refractivity contribution is 5.93. The van der Waals surface area contributed by atoms with Crippen LogP contribution in [0, 0.1) is 0 Å². The van der Waals surface area contributed by atoms with Gasteiger partial charge in [0.25, 0.3) is 5.91 Å². The number of carbonyl (C=O) groups is 1. The van der Waals surface area contributed by atoms with E-state index in [2.05, 4.69) is 41.5 Å². The lowest BCUT2D eigenvalue weighted by Crippen LogP contribution is -2.21. The second-order valence-electron chi connectivity index (χ2n) is 6.22. The van der Waals surface area contributed by atoms with Crippen molar-refractivity contribution in [3.63, 3.8) is 0 Å². The maximum Gasteiger partial charge on any atom is 0.251 e. The highest BCUT2D eigenvalue weighted by Crippen LogP contribution is 2.07. The van der Waals surface area contributed by atoms with Crippen molar-refractivity contribution in [2.45, 2.75) is 19.4 Å². The van der Waals surface area contributed by atoms with Crippen molar-refractivity contribution in [1.82, 2.24) is 10.2 Å². The van der Waals surface area contributed by atoms with Gasteiger partial charge in [0.1, 0.15) is 0 Å². The molecule has 0 aliphatic heterocycles. The third kappa shape index (κ3) is 7.08. The van der Waals surface area contributed by atoms with Crippen molar-refractivity contribution in [1.29, 1.82) is 0 Å². The maximum atomic E-state index is 11.5. The number of hydrogen-bond donors (Lipinski definition) is 1. The van der Waals surface area contributed by atoms with Gasteiger partial charge in [-0.2, -0.15) is 0 Å². The van der Waals surface area contributed by atoms with Crippen LogP contribution in [0.5, 0.6) is 0 Å². The van der Waals surface area contributed by atoms with Crippen molar-refractivity contribution < 1.29 is 9.53 Å². The van der Waals surface area contributed by atoms with E-state index in [1.807, 2.05) is 30.3 Å². The normalized spacial score (nSPS) is 10.8. The maximum absolute atomic E-state index is 11.5. The second-order valence-corrected chi connectivity index (χ2v) is 6.22. The average molecular weight is 340 g/mol. The van der Waals surface area contributed by atoms with Gasteiger partial charge in [-0.3, -0.25) is 4.79 Å². The summed E-state index contributed by atoms with van der Waals surface area (Å²) < 4.78 is 5.72. The van der Waals surface area contributed by atoms with Crippen LogP contribution in [-0.4, -0.2) is 44.7 Å². The Kier molecular flexibility index (Phi) is 8.16. The fourth-order valence-electron chi connectivity index (χ4n) is 2.67. The van der Waals surface area contributed by atoms with E-state index in [0.717, 1.165) is 39.1 Å². The summed E-state index contributed by atoms with van der Waals surface area (Å²) in [5, 5.41) is 2.63. The summed E-state index contributed by atoms with van der Waals surface area (Å²) in [5.41, 5.74) is 3.22. The molecule has 2 rings (SSSR count). The highest BCUT2D eigenvalue weighted by Gasteiger charge is 2.04. The fourth-order valence-corrected chi connectivity index (χ4v) is 2.67. The molecule has 1 amide bonds. The SMILES string of the molecule is CNC(=O)c1ccc(CN(C)CCCOCCc2ccccc2)cc1. The van der Waals surface area contributed by atoms with Crippen molar-refractivity contribution >= 4 is 5.91 Å². The molecule has 0 bridgehead atoms. The van der Waals surface area contributed by atoms with Crippen LogP contribution in [0.3, 0.4) is 0 Å². The molecule has 4 heteroatoms. The third-order valence-corrected chi connectivity index (χ3v) is 4.10. The monoisotopic (exact) mass is 340 g/mol. The van der Waals surface area contributed by atoms with Gasteiger partial charge in [0, 0.05) is 32.3 Å². The Balaban J connectivity index is 1.59. The first-order valence-electron chi connectivity index (χ1n) is 8.80. The molecule has 0 unspecified atom stereocenters. The molecule has 0 saturated carbocycles. The van der Waals surface area contributed by atoms with E-state index in [9.17, 15) is 4.79 Å². The average Bonchev–Trinajstić information content (AvgIpc) is 2.65. The Bertz CT molecular complexity index is 626. The summed E-state index contributed by atoms with van der Waals surface area (Å²) in [6.07, 6.45) is 1.98. The molecule has 134 valence electrons. The minimum atomic E-state index is -0.0486. The van der Waals surface area contributed by atoms with Crippen LogP contribution in [0.1, 0.15) is 27.9 Å². The lowest BCUT2D eigenvalue weighted by molar-refractivity contribution is 0.0963. The van der Waals surface area contributed by atoms with Crippen LogP contribution in [0.15, 0.2) is 54.6 Å². The predicted molar refractivity (Wildman–Crippen MR) is 102 cm³/mol. The summed E-state index contributed by atoms with van der Waals surface area (Å²) in [7, 11) is 3.75. The quantitative estimate of drug-likeness (QED) is 0.676. The zero-order chi connectivity index (χ0) is 17.9. The first-order valence-corrected chi connectivity index (χ1v) is 8.80. The molecule has 0 heterocycles. The molecule has 0 aromatic heterocycles. The van der Waals surface area contributed by atoms with Gasteiger partial charge >= 0.3 is 0 Å². The van der Waals surface area contributed by atoms with Gasteiger partial charge in [0.05, 0.1) is 6.61 Å². The highest BCUT2D eigenvalue weighted by atomic mass is 16.5. The molecule has 0 spiro atoms. The van der Waals surface area contributed by atoms with Crippen LogP contribution >= 0.6 is 0 Å². The van der Waals surface area contributed by atoms with Crippen LogP contribution < -0.4 is 5.32 Å². The van der Waals surface area contributed by atoms with Crippen molar-refractivity contribution in [3.05, 3.63) is 71.3 Å². The van der Waals surface area contributed by atoms with E-state index in [1.54, 1.807) is 7.05 Å². The zero-order valence-electron chi connectivity index (χ0n) is 15.2. The molecule has 25 heavy (non-hydrogen) atoms. The van der Waals surface area contributed by atoms with Crippen LogP contribution in [-0.2, 0) is 17.7 Å². The lowest BCUT2D eigenvalue weighted by Gasteiger charge is -2.17. The standard InChI is InChI=1S/C21H28N2O2/c1-22-21(24)20-11-9-19(10-12-20)17-23(2)14-6-15-25-16-13-18-7-4-3-5-8-18/h3-5,7-12H,6,13-17H2,1-2H3,(H,22,24). The van der Waals surface area contributed by atoms with Gasteiger partial charge in [0.15, 0.2) is 0 Å². The Morgan fingerprint density at radius 3 is 2.40 bits per heavy atom. The molecular weight excluding hydrogens is 312 g/mol. The summed E-state index contributed by atoms with van der Waals surface area (Å²) in [6.45, 7) is 3.42. The molecule has 0 fully saturated rings. The van der Waals surface area contributed by atoms with Gasteiger partial charge < -0.3 is 15.0 Å². The van der Waals surface area contributed by atoms with Gasteiger partial charge in [-0.1, -0.05) is 42.5 Å². The van der Waals surface area contributed by atoms with E-state index >= 15 is 0 Å². The Morgan fingerprint density at radius 1 is 1.00 bits per heavy atom. The number of nitrogens with zero attached hydrogens (tertiary/aromatic N) is 1. The topological polar surface area (TPSA) is 41.6 Å². The smallest absolute Gasteiger partial charge is 0.251 e. The predicted octanol–water partition coefficient (Wildman–Crippen LogP) is 3.13. The third-order valence-electron chi connectivity index (χ3n) is 4.10. The fraction of sp³-hybridized carbons (Fsp3) is 0.381. The number of nitrogens with one attached hydrogen (secondary N) is 1. The number of carbonyl (C=O) groups excluding carboxylic acids is 1. The minimum absolute atomic E-state index is 0.0486. The molecule has 2 aromatic rings. The van der Waals surface area contributed by atoms with E-state index < -0.39 is 0 Å².